The van der Waals surface area contributed by atoms with Gasteiger partial charge in [-0.15, -0.1) is 0 Å². The van der Waals surface area contributed by atoms with E-state index in [2.05, 4.69) is 5.32 Å². The first kappa shape index (κ1) is 14.6. The van der Waals surface area contributed by atoms with E-state index in [-0.39, 0.29) is 6.54 Å². The smallest absolute Gasteiger partial charge is 0.401 e. The third kappa shape index (κ3) is 4.10. The number of aryl methyl sites for hydroxylation is 1. The van der Waals surface area contributed by atoms with Gasteiger partial charge in [-0.05, 0) is 24.6 Å². The molecule has 0 spiro atoms. The van der Waals surface area contributed by atoms with Gasteiger partial charge in [0.2, 0.25) is 0 Å². The van der Waals surface area contributed by atoms with Gasteiger partial charge in [-0.2, -0.15) is 13.2 Å². The van der Waals surface area contributed by atoms with Crippen LogP contribution in [0.2, 0.25) is 0 Å². The first-order valence-electron chi connectivity index (χ1n) is 5.36. The summed E-state index contributed by atoms with van der Waals surface area (Å²) in [5.74, 6) is 1.17. The maximum Gasteiger partial charge on any atom is 0.401 e. The predicted molar refractivity (Wildman–Crippen MR) is 62.0 cm³/mol. The molecule has 0 aliphatic heterocycles. The standard InChI is InChI=1S/C12H16F3NO2/c1-8-4-11(18-3)9(5-10(8)17-2)6-16-7-12(13,14)15/h4-5,16H,6-7H2,1-3H3. The molecule has 0 saturated carbocycles. The van der Waals surface area contributed by atoms with Gasteiger partial charge in [0.1, 0.15) is 11.5 Å². The van der Waals surface area contributed by atoms with E-state index >= 15 is 0 Å². The van der Waals surface area contributed by atoms with Gasteiger partial charge in [-0.1, -0.05) is 0 Å². The molecule has 0 aliphatic carbocycles. The van der Waals surface area contributed by atoms with Crippen molar-refractivity contribution in [3.63, 3.8) is 0 Å². The van der Waals surface area contributed by atoms with Gasteiger partial charge in [-0.25, -0.2) is 0 Å². The van der Waals surface area contributed by atoms with E-state index in [0.29, 0.717) is 17.1 Å². The van der Waals surface area contributed by atoms with E-state index in [9.17, 15) is 13.2 Å². The second kappa shape index (κ2) is 5.95. The minimum atomic E-state index is -4.22. The molecule has 1 N–H and O–H groups in total. The summed E-state index contributed by atoms with van der Waals surface area (Å²) in [5, 5.41) is 2.33. The van der Waals surface area contributed by atoms with Crippen LogP contribution in [0.5, 0.6) is 11.5 Å². The topological polar surface area (TPSA) is 30.5 Å². The zero-order valence-corrected chi connectivity index (χ0v) is 10.5. The molecule has 18 heavy (non-hydrogen) atoms. The molecular formula is C12H16F3NO2. The number of halogens is 3. The summed E-state index contributed by atoms with van der Waals surface area (Å²) in [4.78, 5) is 0. The lowest BCUT2D eigenvalue weighted by atomic mass is 10.1. The van der Waals surface area contributed by atoms with E-state index in [1.807, 2.05) is 6.92 Å². The second-order valence-electron chi connectivity index (χ2n) is 3.85. The number of hydrogen-bond donors (Lipinski definition) is 1. The summed E-state index contributed by atoms with van der Waals surface area (Å²) < 4.78 is 46.4. The summed E-state index contributed by atoms with van der Waals surface area (Å²) in [7, 11) is 3.00. The zero-order chi connectivity index (χ0) is 13.8. The molecule has 0 radical (unpaired) electrons. The van der Waals surface area contributed by atoms with Gasteiger partial charge in [0.15, 0.2) is 0 Å². The average Bonchev–Trinajstić information content (AvgIpc) is 2.28. The highest BCUT2D eigenvalue weighted by Crippen LogP contribution is 2.28. The molecule has 102 valence electrons. The third-order valence-corrected chi connectivity index (χ3v) is 2.44. The Morgan fingerprint density at radius 3 is 2.22 bits per heavy atom. The Balaban J connectivity index is 2.80. The van der Waals surface area contributed by atoms with Gasteiger partial charge in [0.05, 0.1) is 20.8 Å². The van der Waals surface area contributed by atoms with Crippen LogP contribution in [-0.2, 0) is 6.54 Å². The highest BCUT2D eigenvalue weighted by molar-refractivity contribution is 5.45. The fraction of sp³-hybridized carbons (Fsp3) is 0.500. The number of benzene rings is 1. The molecule has 1 aromatic carbocycles. The first-order chi connectivity index (χ1) is 8.37. The number of rotatable bonds is 5. The van der Waals surface area contributed by atoms with Crippen molar-refractivity contribution >= 4 is 0 Å². The van der Waals surface area contributed by atoms with Crippen molar-refractivity contribution in [2.75, 3.05) is 20.8 Å². The Labute approximate surface area is 104 Å². The highest BCUT2D eigenvalue weighted by Gasteiger charge is 2.26. The first-order valence-corrected chi connectivity index (χ1v) is 5.36. The van der Waals surface area contributed by atoms with Crippen molar-refractivity contribution in [1.82, 2.24) is 5.32 Å². The molecule has 0 aliphatic rings. The van der Waals surface area contributed by atoms with Crippen molar-refractivity contribution in [3.8, 4) is 11.5 Å². The number of ether oxygens (including phenoxy) is 2. The number of nitrogens with one attached hydrogen (secondary N) is 1. The largest absolute Gasteiger partial charge is 0.496 e. The zero-order valence-electron chi connectivity index (χ0n) is 10.5. The van der Waals surface area contributed by atoms with E-state index in [0.717, 1.165) is 5.56 Å². The predicted octanol–water partition coefficient (Wildman–Crippen LogP) is 2.66. The number of hydrogen-bond acceptors (Lipinski definition) is 3. The van der Waals surface area contributed by atoms with Crippen molar-refractivity contribution in [3.05, 3.63) is 23.3 Å². The lowest BCUT2D eigenvalue weighted by Crippen LogP contribution is -2.28. The van der Waals surface area contributed by atoms with Crippen LogP contribution in [0.15, 0.2) is 12.1 Å². The van der Waals surface area contributed by atoms with Crippen LogP contribution in [0.1, 0.15) is 11.1 Å². The van der Waals surface area contributed by atoms with E-state index < -0.39 is 12.7 Å². The molecule has 1 rings (SSSR count). The van der Waals surface area contributed by atoms with Gasteiger partial charge in [0, 0.05) is 12.1 Å². The SMILES string of the molecule is COc1cc(CNCC(F)(F)F)c(OC)cc1C. The van der Waals surface area contributed by atoms with Gasteiger partial charge >= 0.3 is 6.18 Å². The Morgan fingerprint density at radius 1 is 1.11 bits per heavy atom. The van der Waals surface area contributed by atoms with Crippen LogP contribution < -0.4 is 14.8 Å². The lowest BCUT2D eigenvalue weighted by Gasteiger charge is -2.14. The molecule has 0 amide bonds. The fourth-order valence-electron chi connectivity index (χ4n) is 1.59. The summed E-state index contributed by atoms with van der Waals surface area (Å²) in [6.45, 7) is 0.875. The van der Waals surface area contributed by atoms with Crippen LogP contribution in [0.25, 0.3) is 0 Å². The van der Waals surface area contributed by atoms with Gasteiger partial charge in [0.25, 0.3) is 0 Å². The Bertz CT molecular complexity index is 405. The monoisotopic (exact) mass is 263 g/mol. The summed E-state index contributed by atoms with van der Waals surface area (Å²) in [6.07, 6.45) is -4.22. The summed E-state index contributed by atoms with van der Waals surface area (Å²) in [5.41, 5.74) is 1.50. The molecule has 0 fully saturated rings. The van der Waals surface area contributed by atoms with Gasteiger partial charge < -0.3 is 14.8 Å². The second-order valence-corrected chi connectivity index (χ2v) is 3.85. The molecule has 6 heteroatoms. The van der Waals surface area contributed by atoms with Gasteiger partial charge in [-0.3, -0.25) is 0 Å². The Kier molecular flexibility index (Phi) is 4.84. The van der Waals surface area contributed by atoms with E-state index in [4.69, 9.17) is 9.47 Å². The van der Waals surface area contributed by atoms with Crippen LogP contribution in [0.3, 0.4) is 0 Å². The molecular weight excluding hydrogens is 247 g/mol. The van der Waals surface area contributed by atoms with E-state index in [1.54, 1.807) is 12.1 Å². The van der Waals surface area contributed by atoms with E-state index in [1.165, 1.54) is 14.2 Å². The van der Waals surface area contributed by atoms with Crippen LogP contribution in [0, 0.1) is 6.92 Å². The number of alkyl halides is 3. The maximum absolute atomic E-state index is 12.0. The Hall–Kier alpha value is -1.43. The molecule has 1 aromatic rings. The van der Waals surface area contributed by atoms with Crippen molar-refractivity contribution in [2.45, 2.75) is 19.6 Å². The van der Waals surface area contributed by atoms with Crippen LogP contribution >= 0.6 is 0 Å². The van der Waals surface area contributed by atoms with Crippen LogP contribution in [0.4, 0.5) is 13.2 Å². The third-order valence-electron chi connectivity index (χ3n) is 2.44. The molecule has 0 heterocycles. The van der Waals surface area contributed by atoms with Crippen molar-refractivity contribution < 1.29 is 22.6 Å². The minimum Gasteiger partial charge on any atom is -0.496 e. The molecule has 3 nitrogen and oxygen atoms in total. The maximum atomic E-state index is 12.0. The summed E-state index contributed by atoms with van der Waals surface area (Å²) in [6, 6.07) is 3.42. The number of methoxy groups -OCH3 is 2. The highest BCUT2D eigenvalue weighted by atomic mass is 19.4. The normalized spacial score (nSPS) is 11.4. The fourth-order valence-corrected chi connectivity index (χ4v) is 1.59. The quantitative estimate of drug-likeness (QED) is 0.886. The van der Waals surface area contributed by atoms with Crippen molar-refractivity contribution in [1.29, 1.82) is 0 Å². The molecule has 0 aromatic heterocycles. The van der Waals surface area contributed by atoms with Crippen molar-refractivity contribution in [2.24, 2.45) is 0 Å². The molecule has 0 saturated heterocycles. The Morgan fingerprint density at radius 2 is 1.72 bits per heavy atom. The molecule has 0 unspecified atom stereocenters. The van der Waals surface area contributed by atoms with Crippen LogP contribution in [-0.4, -0.2) is 26.9 Å². The lowest BCUT2D eigenvalue weighted by molar-refractivity contribution is -0.125. The minimum absolute atomic E-state index is 0.0688. The summed E-state index contributed by atoms with van der Waals surface area (Å²) >= 11 is 0. The molecule has 0 bridgehead atoms. The molecule has 0 atom stereocenters. The average molecular weight is 263 g/mol.